The van der Waals surface area contributed by atoms with E-state index in [1.165, 1.54) is 0 Å². The van der Waals surface area contributed by atoms with Crippen molar-refractivity contribution in [2.24, 2.45) is 0 Å². The van der Waals surface area contributed by atoms with E-state index >= 15 is 0 Å². The van der Waals surface area contributed by atoms with Gasteiger partial charge in [0, 0.05) is 0 Å². The first-order chi connectivity index (χ1) is 20.8. The molecule has 46 heavy (non-hydrogen) atoms. The van der Waals surface area contributed by atoms with Gasteiger partial charge in [0.2, 0.25) is 17.5 Å². The zero-order valence-corrected chi connectivity index (χ0v) is 22.6. The lowest BCUT2D eigenvalue weighted by Gasteiger charge is -2.17. The molecule has 3 rings (SSSR count). The number of hydrogen-bond donors (Lipinski definition) is 0. The smallest absolute Gasteiger partial charge is 0.266 e. The lowest BCUT2D eigenvalue weighted by Crippen LogP contribution is -2.36. The maximum absolute atomic E-state index is 14.1. The van der Waals surface area contributed by atoms with Gasteiger partial charge in [-0.2, -0.15) is 25.3 Å². The van der Waals surface area contributed by atoms with Gasteiger partial charge >= 0.3 is 7.32 Å². The Balaban J connectivity index is 2.30. The maximum Gasteiger partial charge on any atom is 0.685 e. The normalized spacial score (nSPS) is 12.6. The summed E-state index contributed by atoms with van der Waals surface area (Å²) in [5.41, 5.74) is 0. The summed E-state index contributed by atoms with van der Waals surface area (Å²) in [5, 5.41) is 0. The second kappa shape index (κ2) is 12.2. The van der Waals surface area contributed by atoms with Crippen LogP contribution in [0.15, 0.2) is 14.7 Å². The minimum Gasteiger partial charge on any atom is -0.266 e. The molecule has 3 aromatic rings. The monoisotopic (exact) mass is 752 g/mol. The Morgan fingerprint density at radius 1 is 0.283 bits per heavy atom. The molecule has 0 saturated carbocycles. The van der Waals surface area contributed by atoms with Crippen LogP contribution in [0.5, 0.6) is 0 Å². The second-order valence-electron chi connectivity index (χ2n) is 7.64. The average molecular weight is 752 g/mol. The van der Waals surface area contributed by atoms with Crippen LogP contribution in [0.25, 0.3) is 0 Å². The zero-order chi connectivity index (χ0) is 35.6. The van der Waals surface area contributed by atoms with Gasteiger partial charge in [-0.05, 0) is 0 Å². The molecule has 0 N–H and O–H groups in total. The van der Waals surface area contributed by atoms with Gasteiger partial charge in [0.15, 0.2) is 84.5 Å². The highest BCUT2D eigenvalue weighted by atomic mass is 32.2. The molecule has 0 aliphatic rings. The standard InChI is InChI=1S/C18BF15O9S3/c20-1-4(23)10(29)16(11(30)5(1)24)44(35,36)41-19(42-45(37,38)17-12(31)6(25)2(21)7(26)13(17)32)43-46(39,40)18-14(33)8(27)3(22)9(28)15(18)34. The number of rotatable bonds is 9. The van der Waals surface area contributed by atoms with Gasteiger partial charge in [-0.15, -0.1) is 0 Å². The quantitative estimate of drug-likeness (QED) is 0.136. The molecule has 0 fully saturated rings. The highest BCUT2D eigenvalue weighted by Gasteiger charge is 2.47. The van der Waals surface area contributed by atoms with E-state index in [2.05, 4.69) is 12.3 Å². The van der Waals surface area contributed by atoms with Crippen molar-refractivity contribution in [3.05, 3.63) is 87.3 Å². The molecule has 0 aromatic heterocycles. The molecule has 252 valence electrons. The van der Waals surface area contributed by atoms with Gasteiger partial charge in [0.1, 0.15) is 0 Å². The van der Waals surface area contributed by atoms with Gasteiger partial charge < -0.3 is 0 Å². The SMILES string of the molecule is O=S(=O)(OB(OS(=O)(=O)c1c(F)c(F)c(F)c(F)c1F)OS(=O)(=O)c1c(F)c(F)c(F)c(F)c1F)c1c(F)c(F)c(F)c(F)c1F. The van der Waals surface area contributed by atoms with Crippen LogP contribution in [0.1, 0.15) is 0 Å². The fourth-order valence-electron chi connectivity index (χ4n) is 2.92. The number of halogens is 15. The van der Waals surface area contributed by atoms with E-state index in [4.69, 9.17) is 0 Å². The minimum absolute atomic E-state index is 3.07. The molecule has 28 heteroatoms. The van der Waals surface area contributed by atoms with E-state index in [1.54, 1.807) is 0 Å². The van der Waals surface area contributed by atoms with E-state index < -0.39 is 140 Å². The van der Waals surface area contributed by atoms with Crippen molar-refractivity contribution in [3.63, 3.8) is 0 Å². The summed E-state index contributed by atoms with van der Waals surface area (Å²) in [6, 6.07) is 0. The third-order valence-corrected chi connectivity index (χ3v) is 8.68. The highest BCUT2D eigenvalue weighted by Crippen LogP contribution is 2.33. The Bertz CT molecular complexity index is 1820. The van der Waals surface area contributed by atoms with Crippen molar-refractivity contribution >= 4 is 37.7 Å². The summed E-state index contributed by atoms with van der Waals surface area (Å²) in [4.78, 5) is -9.53. The molecule has 0 aliphatic carbocycles. The lowest BCUT2D eigenvalue weighted by atomic mass is 10.3. The summed E-state index contributed by atoms with van der Waals surface area (Å²) in [6.07, 6.45) is 0. The van der Waals surface area contributed by atoms with E-state index in [0.29, 0.717) is 0 Å². The topological polar surface area (TPSA) is 130 Å². The molecule has 0 bridgehead atoms. The van der Waals surface area contributed by atoms with Crippen molar-refractivity contribution in [2.75, 3.05) is 0 Å². The Morgan fingerprint density at radius 2 is 0.413 bits per heavy atom. The minimum atomic E-state index is -7.05. The van der Waals surface area contributed by atoms with Gasteiger partial charge in [0.25, 0.3) is 30.4 Å². The molecule has 0 heterocycles. The fourth-order valence-corrected chi connectivity index (χ4v) is 6.06. The summed E-state index contributed by atoms with van der Waals surface area (Å²) in [5.74, 6) is -48.2. The Hall–Kier alpha value is -3.60. The second-order valence-corrected chi connectivity index (χ2v) is 12.2. The molecule has 0 saturated heterocycles. The molecule has 9 nitrogen and oxygen atoms in total. The molecular weight excluding hydrogens is 752 g/mol. The van der Waals surface area contributed by atoms with Crippen molar-refractivity contribution in [3.8, 4) is 0 Å². The van der Waals surface area contributed by atoms with E-state index in [-0.39, 0.29) is 0 Å². The molecule has 0 aliphatic heterocycles. The Kier molecular flexibility index (Phi) is 9.79. The number of benzene rings is 3. The van der Waals surface area contributed by atoms with Crippen molar-refractivity contribution < 1.29 is 103 Å². The molecule has 3 aromatic carbocycles. The predicted molar refractivity (Wildman–Crippen MR) is 109 cm³/mol. The van der Waals surface area contributed by atoms with Crippen LogP contribution in [0.4, 0.5) is 65.9 Å². The van der Waals surface area contributed by atoms with Crippen molar-refractivity contribution in [2.45, 2.75) is 14.7 Å². The summed E-state index contributed by atoms with van der Waals surface area (Å²) < 4.78 is 290. The average Bonchev–Trinajstić information content (AvgIpc) is 2.93. The van der Waals surface area contributed by atoms with Crippen LogP contribution >= 0.6 is 0 Å². The van der Waals surface area contributed by atoms with E-state index in [0.717, 1.165) is 0 Å². The molecule has 0 spiro atoms. The molecule has 0 radical (unpaired) electrons. The van der Waals surface area contributed by atoms with Gasteiger partial charge in [-0.3, -0.25) is 12.3 Å². The van der Waals surface area contributed by atoms with E-state index in [1.807, 2.05) is 0 Å². The van der Waals surface area contributed by atoms with Crippen LogP contribution < -0.4 is 0 Å². The number of hydrogen-bond acceptors (Lipinski definition) is 9. The molecule has 0 unspecified atom stereocenters. The van der Waals surface area contributed by atoms with Crippen LogP contribution in [-0.4, -0.2) is 32.6 Å². The fraction of sp³-hybridized carbons (Fsp3) is 0. The maximum atomic E-state index is 14.1. The van der Waals surface area contributed by atoms with Crippen molar-refractivity contribution in [1.29, 1.82) is 0 Å². The third-order valence-electron chi connectivity index (χ3n) is 4.87. The molecule has 0 atom stereocenters. The summed E-state index contributed by atoms with van der Waals surface area (Å²) >= 11 is 0. The zero-order valence-electron chi connectivity index (χ0n) is 20.1. The van der Waals surface area contributed by atoms with E-state index in [9.17, 15) is 91.1 Å². The first-order valence-electron chi connectivity index (χ1n) is 10.2. The van der Waals surface area contributed by atoms with Crippen LogP contribution in [0.3, 0.4) is 0 Å². The van der Waals surface area contributed by atoms with Gasteiger partial charge in [0.05, 0.1) is 0 Å². The highest BCUT2D eigenvalue weighted by molar-refractivity contribution is 7.90. The summed E-state index contributed by atoms with van der Waals surface area (Å²) in [6.45, 7) is 0. The van der Waals surface area contributed by atoms with Gasteiger partial charge in [-0.1, -0.05) is 0 Å². The first kappa shape index (κ1) is 36.9. The first-order valence-corrected chi connectivity index (χ1v) is 14.4. The van der Waals surface area contributed by atoms with Crippen LogP contribution in [-0.2, 0) is 42.7 Å². The summed E-state index contributed by atoms with van der Waals surface area (Å²) in [7, 11) is -25.9. The van der Waals surface area contributed by atoms with Gasteiger partial charge in [-0.25, -0.2) is 65.9 Å². The van der Waals surface area contributed by atoms with Crippen LogP contribution in [0.2, 0.25) is 0 Å². The lowest BCUT2D eigenvalue weighted by molar-refractivity contribution is 0.297. The van der Waals surface area contributed by atoms with Crippen LogP contribution in [0, 0.1) is 87.3 Å². The van der Waals surface area contributed by atoms with Crippen molar-refractivity contribution in [1.82, 2.24) is 0 Å². The predicted octanol–water partition coefficient (Wildman–Crippen LogP) is 4.27. The Labute approximate surface area is 243 Å². The Morgan fingerprint density at radius 3 is 0.565 bits per heavy atom. The third kappa shape index (κ3) is 6.10. The molecular formula is C18BF15O9S3. The molecule has 0 amide bonds. The largest absolute Gasteiger partial charge is 0.685 e.